The fourth-order valence-corrected chi connectivity index (χ4v) is 1.84. The summed E-state index contributed by atoms with van der Waals surface area (Å²) >= 11 is 0. The monoisotopic (exact) mass is 332 g/mol. The minimum atomic E-state index is -5.24. The number of likely N-dealkylation sites (tertiary alicyclic amines) is 1. The fraction of sp³-hybridized carbons (Fsp3) is 0.833. The number of hydrogen-bond donors (Lipinski definition) is 1. The van der Waals surface area contributed by atoms with Gasteiger partial charge in [-0.05, 0) is 27.2 Å². The van der Waals surface area contributed by atoms with Crippen molar-refractivity contribution in [3.63, 3.8) is 0 Å². The van der Waals surface area contributed by atoms with Crippen LogP contribution >= 0.6 is 0 Å². The summed E-state index contributed by atoms with van der Waals surface area (Å²) in [5.41, 5.74) is -0.881. The first-order valence-corrected chi connectivity index (χ1v) is 6.46. The molecule has 128 valence electrons. The van der Waals surface area contributed by atoms with E-state index in [1.807, 2.05) is 0 Å². The van der Waals surface area contributed by atoms with E-state index in [9.17, 15) is 31.5 Å². The number of carbonyl (C=O) groups is 2. The van der Waals surface area contributed by atoms with Crippen molar-refractivity contribution in [2.45, 2.75) is 50.9 Å². The number of alkyl halides is 5. The molecule has 1 aliphatic heterocycles. The lowest BCUT2D eigenvalue weighted by atomic mass is 10.0. The highest BCUT2D eigenvalue weighted by molar-refractivity contribution is 5.82. The van der Waals surface area contributed by atoms with Gasteiger partial charge in [0.15, 0.2) is 0 Å². The van der Waals surface area contributed by atoms with Crippen LogP contribution < -0.4 is 5.32 Å². The summed E-state index contributed by atoms with van der Waals surface area (Å²) < 4.78 is 68.9. The van der Waals surface area contributed by atoms with Gasteiger partial charge in [-0.3, -0.25) is 4.79 Å². The number of carbonyl (C=O) groups excluding carboxylic acids is 2. The third-order valence-corrected chi connectivity index (χ3v) is 2.81. The minimum Gasteiger partial charge on any atom is -0.444 e. The van der Waals surface area contributed by atoms with Crippen molar-refractivity contribution in [1.82, 2.24) is 10.2 Å². The molecule has 0 spiro atoms. The van der Waals surface area contributed by atoms with E-state index in [1.165, 1.54) is 5.32 Å². The summed E-state index contributed by atoms with van der Waals surface area (Å²) in [4.78, 5) is 23.2. The van der Waals surface area contributed by atoms with Crippen molar-refractivity contribution in [2.75, 3.05) is 13.1 Å². The Kier molecular flexibility index (Phi) is 4.93. The van der Waals surface area contributed by atoms with Gasteiger partial charge < -0.3 is 15.0 Å². The van der Waals surface area contributed by atoms with E-state index < -0.39 is 48.7 Å². The van der Waals surface area contributed by atoms with Gasteiger partial charge >= 0.3 is 18.2 Å². The molecule has 1 heterocycles. The predicted molar refractivity (Wildman–Crippen MR) is 65.4 cm³/mol. The topological polar surface area (TPSA) is 58.6 Å². The Morgan fingerprint density at radius 3 is 2.18 bits per heavy atom. The largest absolute Gasteiger partial charge is 0.471 e. The van der Waals surface area contributed by atoms with Gasteiger partial charge in [-0.1, -0.05) is 0 Å². The summed E-state index contributed by atoms with van der Waals surface area (Å²) in [6.45, 7) is 3.30. The number of amides is 2. The van der Waals surface area contributed by atoms with Crippen molar-refractivity contribution >= 4 is 12.0 Å². The molecule has 22 heavy (non-hydrogen) atoms. The summed E-state index contributed by atoms with van der Waals surface area (Å²) in [5.74, 6) is -6.11. The molecular weight excluding hydrogens is 315 g/mol. The predicted octanol–water partition coefficient (Wildman–Crippen LogP) is 2.31. The van der Waals surface area contributed by atoms with Gasteiger partial charge in [0.05, 0.1) is 12.6 Å². The number of halogens is 5. The van der Waals surface area contributed by atoms with Gasteiger partial charge in [0.1, 0.15) is 5.60 Å². The summed E-state index contributed by atoms with van der Waals surface area (Å²) in [5, 5.41) is 1.26. The number of rotatable bonds is 1. The van der Waals surface area contributed by atoms with Crippen molar-refractivity contribution in [3.05, 3.63) is 0 Å². The molecular formula is C12H17F5N2O3. The molecule has 1 aliphatic rings. The second-order valence-electron chi connectivity index (χ2n) is 5.98. The minimum absolute atomic E-state index is 0.243. The summed E-state index contributed by atoms with van der Waals surface area (Å²) in [6.07, 6.45) is -6.72. The lowest BCUT2D eigenvalue weighted by Gasteiger charge is -2.38. The molecule has 0 aliphatic carbocycles. The molecule has 1 atom stereocenters. The van der Waals surface area contributed by atoms with Gasteiger partial charge in [-0.2, -0.15) is 13.2 Å². The van der Waals surface area contributed by atoms with E-state index in [4.69, 9.17) is 4.74 Å². The number of piperidine rings is 1. The molecule has 0 aromatic heterocycles. The second-order valence-corrected chi connectivity index (χ2v) is 5.98. The number of ether oxygens (including phenoxy) is 1. The quantitative estimate of drug-likeness (QED) is 0.750. The molecule has 1 N–H and O–H groups in total. The highest BCUT2D eigenvalue weighted by atomic mass is 19.4. The van der Waals surface area contributed by atoms with Gasteiger partial charge in [0, 0.05) is 6.54 Å². The van der Waals surface area contributed by atoms with Crippen LogP contribution in [-0.4, -0.2) is 53.7 Å². The van der Waals surface area contributed by atoms with Crippen LogP contribution in [0.15, 0.2) is 0 Å². The lowest BCUT2D eigenvalue weighted by molar-refractivity contribution is -0.178. The molecule has 1 fully saturated rings. The first-order chi connectivity index (χ1) is 9.72. The molecule has 0 saturated carbocycles. The van der Waals surface area contributed by atoms with Crippen LogP contribution in [0, 0.1) is 0 Å². The van der Waals surface area contributed by atoms with E-state index >= 15 is 0 Å². The Labute approximate surface area is 123 Å². The second kappa shape index (κ2) is 5.88. The van der Waals surface area contributed by atoms with E-state index in [-0.39, 0.29) is 6.54 Å². The van der Waals surface area contributed by atoms with Crippen molar-refractivity contribution in [1.29, 1.82) is 0 Å². The molecule has 2 amide bonds. The van der Waals surface area contributed by atoms with E-state index in [2.05, 4.69) is 0 Å². The van der Waals surface area contributed by atoms with Crippen LogP contribution in [0.4, 0.5) is 26.7 Å². The van der Waals surface area contributed by atoms with E-state index in [0.717, 1.165) is 0 Å². The van der Waals surface area contributed by atoms with Gasteiger partial charge in [-0.25, -0.2) is 13.6 Å². The Bertz CT molecular complexity index is 445. The van der Waals surface area contributed by atoms with E-state index in [0.29, 0.717) is 4.90 Å². The zero-order valence-corrected chi connectivity index (χ0v) is 12.3. The van der Waals surface area contributed by atoms with Crippen molar-refractivity contribution < 1.29 is 36.3 Å². The molecule has 1 saturated heterocycles. The van der Waals surface area contributed by atoms with Crippen LogP contribution in [0.25, 0.3) is 0 Å². The Hall–Kier alpha value is -1.61. The maximum absolute atomic E-state index is 13.8. The SMILES string of the molecule is CC(C)(C)OC(=O)N1CCC(NC(=O)C(F)(F)F)C(F)(F)C1. The average molecular weight is 332 g/mol. The number of nitrogens with one attached hydrogen (secondary N) is 1. The summed E-state index contributed by atoms with van der Waals surface area (Å²) in [6, 6.07) is -1.99. The molecule has 1 unspecified atom stereocenters. The number of hydrogen-bond acceptors (Lipinski definition) is 3. The van der Waals surface area contributed by atoms with Crippen LogP contribution in [-0.2, 0) is 9.53 Å². The van der Waals surface area contributed by atoms with Gasteiger partial charge in [0.25, 0.3) is 5.92 Å². The normalized spacial score (nSPS) is 22.2. The highest BCUT2D eigenvalue weighted by Gasteiger charge is 2.50. The van der Waals surface area contributed by atoms with Crippen LogP contribution in [0.1, 0.15) is 27.2 Å². The lowest BCUT2D eigenvalue weighted by Crippen LogP contribution is -2.61. The molecule has 0 radical (unpaired) electrons. The smallest absolute Gasteiger partial charge is 0.444 e. The molecule has 0 aromatic rings. The van der Waals surface area contributed by atoms with Crippen LogP contribution in [0.3, 0.4) is 0 Å². The first kappa shape index (κ1) is 18.4. The first-order valence-electron chi connectivity index (χ1n) is 6.46. The summed E-state index contributed by atoms with van der Waals surface area (Å²) in [7, 11) is 0. The maximum Gasteiger partial charge on any atom is 0.471 e. The zero-order valence-electron chi connectivity index (χ0n) is 12.3. The molecule has 0 bridgehead atoms. The molecule has 5 nitrogen and oxygen atoms in total. The third-order valence-electron chi connectivity index (χ3n) is 2.81. The Morgan fingerprint density at radius 2 is 1.77 bits per heavy atom. The highest BCUT2D eigenvalue weighted by Crippen LogP contribution is 2.29. The zero-order chi connectivity index (χ0) is 17.3. The van der Waals surface area contributed by atoms with Crippen molar-refractivity contribution in [2.24, 2.45) is 0 Å². The third kappa shape index (κ3) is 4.99. The maximum atomic E-state index is 13.8. The molecule has 1 rings (SSSR count). The standard InChI is InChI=1S/C12H17F5N2O3/c1-10(2,3)22-9(21)19-5-4-7(11(13,14)6-19)18-8(20)12(15,16)17/h7H,4-6H2,1-3H3,(H,18,20). The van der Waals surface area contributed by atoms with Crippen LogP contribution in [0.2, 0.25) is 0 Å². The average Bonchev–Trinajstić information content (AvgIpc) is 2.27. The van der Waals surface area contributed by atoms with Crippen molar-refractivity contribution in [3.8, 4) is 0 Å². The molecule has 0 aromatic carbocycles. The Morgan fingerprint density at radius 1 is 1.23 bits per heavy atom. The van der Waals surface area contributed by atoms with Gasteiger partial charge in [-0.15, -0.1) is 0 Å². The Balaban J connectivity index is 2.70. The van der Waals surface area contributed by atoms with Gasteiger partial charge in [0.2, 0.25) is 0 Å². The number of nitrogens with zero attached hydrogens (tertiary/aromatic N) is 1. The molecule has 10 heteroatoms. The van der Waals surface area contributed by atoms with Crippen LogP contribution in [0.5, 0.6) is 0 Å². The fourth-order valence-electron chi connectivity index (χ4n) is 1.84. The van der Waals surface area contributed by atoms with E-state index in [1.54, 1.807) is 20.8 Å².